The molecule has 1 heterocycles. The van der Waals surface area contributed by atoms with Crippen LogP contribution in [0.25, 0.3) is 0 Å². The third-order valence-corrected chi connectivity index (χ3v) is 5.28. The zero-order valence-corrected chi connectivity index (χ0v) is 15.8. The van der Waals surface area contributed by atoms with Crippen LogP contribution in [-0.4, -0.2) is 48.5 Å². The molecule has 0 unspecified atom stereocenters. The van der Waals surface area contributed by atoms with Gasteiger partial charge >= 0.3 is 5.97 Å². The second kappa shape index (κ2) is 8.41. The molecular formula is C20H26N2O5. The van der Waals surface area contributed by atoms with Crippen molar-refractivity contribution in [3.8, 4) is 5.75 Å². The second-order valence-electron chi connectivity index (χ2n) is 7.15. The van der Waals surface area contributed by atoms with E-state index in [0.29, 0.717) is 18.0 Å². The number of hydrogen-bond donors (Lipinski definition) is 1. The average molecular weight is 374 g/mol. The van der Waals surface area contributed by atoms with Crippen LogP contribution in [0.4, 0.5) is 5.69 Å². The molecule has 1 aromatic carbocycles. The fourth-order valence-electron chi connectivity index (χ4n) is 3.76. The molecule has 0 bridgehead atoms. The Labute approximate surface area is 159 Å². The van der Waals surface area contributed by atoms with Crippen molar-refractivity contribution < 1.29 is 23.9 Å². The first-order valence-electron chi connectivity index (χ1n) is 9.43. The van der Waals surface area contributed by atoms with Crippen LogP contribution in [0.2, 0.25) is 0 Å². The van der Waals surface area contributed by atoms with Crippen molar-refractivity contribution in [3.05, 3.63) is 24.3 Å². The Kier molecular flexibility index (Phi) is 5.98. The van der Waals surface area contributed by atoms with Crippen molar-refractivity contribution in [1.82, 2.24) is 4.90 Å². The minimum absolute atomic E-state index is 0.00924. The number of rotatable bonds is 6. The van der Waals surface area contributed by atoms with E-state index in [1.165, 1.54) is 14.0 Å². The van der Waals surface area contributed by atoms with Crippen LogP contribution in [0.1, 0.15) is 39.0 Å². The average Bonchev–Trinajstić information content (AvgIpc) is 3.31. The molecule has 146 valence electrons. The number of ether oxygens (including phenoxy) is 2. The van der Waals surface area contributed by atoms with Gasteiger partial charge in [-0.1, -0.05) is 25.0 Å². The first-order valence-corrected chi connectivity index (χ1v) is 9.43. The van der Waals surface area contributed by atoms with E-state index in [9.17, 15) is 14.4 Å². The lowest BCUT2D eigenvalue weighted by Crippen LogP contribution is -2.36. The molecule has 7 nitrogen and oxygen atoms in total. The number of methoxy groups -OCH3 is 1. The van der Waals surface area contributed by atoms with Crippen LogP contribution >= 0.6 is 0 Å². The van der Waals surface area contributed by atoms with Gasteiger partial charge in [0.1, 0.15) is 5.75 Å². The summed E-state index contributed by atoms with van der Waals surface area (Å²) in [5.74, 6) is -0.899. The van der Waals surface area contributed by atoms with Crippen LogP contribution < -0.4 is 10.1 Å². The Morgan fingerprint density at radius 1 is 1.22 bits per heavy atom. The summed E-state index contributed by atoms with van der Waals surface area (Å²) in [6, 6.07) is 7.26. The highest BCUT2D eigenvalue weighted by atomic mass is 16.5. The molecule has 7 heteroatoms. The fourth-order valence-corrected chi connectivity index (χ4v) is 3.76. The van der Waals surface area contributed by atoms with E-state index >= 15 is 0 Å². The number of benzene rings is 1. The van der Waals surface area contributed by atoms with Gasteiger partial charge < -0.3 is 19.7 Å². The summed E-state index contributed by atoms with van der Waals surface area (Å²) < 4.78 is 10.5. The fraction of sp³-hybridized carbons (Fsp3) is 0.550. The van der Waals surface area contributed by atoms with Gasteiger partial charge in [0.25, 0.3) is 5.91 Å². The smallest absolute Gasteiger partial charge is 0.312 e. The van der Waals surface area contributed by atoms with Gasteiger partial charge in [-0.05, 0) is 31.9 Å². The molecule has 0 aromatic heterocycles. The van der Waals surface area contributed by atoms with E-state index in [-0.39, 0.29) is 18.4 Å². The van der Waals surface area contributed by atoms with E-state index < -0.39 is 23.9 Å². The molecule has 27 heavy (non-hydrogen) atoms. The van der Waals surface area contributed by atoms with Crippen LogP contribution in [0, 0.1) is 5.92 Å². The van der Waals surface area contributed by atoms with Crippen molar-refractivity contribution >= 4 is 23.5 Å². The molecular weight excluding hydrogens is 348 g/mol. The number of nitrogens with zero attached hydrogens (tertiary/aromatic N) is 1. The Morgan fingerprint density at radius 2 is 1.93 bits per heavy atom. The highest BCUT2D eigenvalue weighted by molar-refractivity contribution is 5.96. The number of likely N-dealkylation sites (tertiary alicyclic amines) is 1. The number of anilines is 1. The number of nitrogens with one attached hydrogen (secondary N) is 1. The van der Waals surface area contributed by atoms with E-state index in [1.807, 2.05) is 4.90 Å². The Morgan fingerprint density at radius 3 is 2.63 bits per heavy atom. The standard InChI is InChI=1S/C20H26N2O5/c1-13(19(24)21-16-9-5-6-10-17(16)26-2)27-20(25)14-11-18(23)22(12-14)15-7-3-4-8-15/h5-6,9-10,13-15H,3-4,7-8,11-12H2,1-2H3,(H,21,24)/t13-,14-/m0/s1. The van der Waals surface area contributed by atoms with Crippen molar-refractivity contribution in [2.45, 2.75) is 51.2 Å². The van der Waals surface area contributed by atoms with Gasteiger partial charge in [0.05, 0.1) is 18.7 Å². The SMILES string of the molecule is COc1ccccc1NC(=O)[C@H](C)OC(=O)[C@H]1CC(=O)N(C2CCCC2)C1. The van der Waals surface area contributed by atoms with Gasteiger partial charge in [-0.25, -0.2) is 0 Å². The normalized spacial score (nSPS) is 21.2. The molecule has 1 aromatic rings. The quantitative estimate of drug-likeness (QED) is 0.773. The topological polar surface area (TPSA) is 84.9 Å². The number of para-hydroxylation sites is 2. The number of carbonyl (C=O) groups excluding carboxylic acids is 3. The lowest BCUT2D eigenvalue weighted by molar-refractivity contribution is -0.157. The van der Waals surface area contributed by atoms with Gasteiger partial charge in [0, 0.05) is 19.0 Å². The number of amides is 2. The molecule has 2 aliphatic rings. The molecule has 1 N–H and O–H groups in total. The summed E-state index contributed by atoms with van der Waals surface area (Å²) >= 11 is 0. The molecule has 2 fully saturated rings. The lowest BCUT2D eigenvalue weighted by atomic mass is 10.1. The van der Waals surface area contributed by atoms with Crippen molar-refractivity contribution in [1.29, 1.82) is 0 Å². The molecule has 2 atom stereocenters. The third kappa shape index (κ3) is 4.40. The molecule has 3 rings (SSSR count). The maximum Gasteiger partial charge on any atom is 0.312 e. The highest BCUT2D eigenvalue weighted by Gasteiger charge is 2.40. The Balaban J connectivity index is 1.54. The van der Waals surface area contributed by atoms with Gasteiger partial charge in [0.15, 0.2) is 6.10 Å². The van der Waals surface area contributed by atoms with E-state index in [2.05, 4.69) is 5.32 Å². The third-order valence-electron chi connectivity index (χ3n) is 5.28. The highest BCUT2D eigenvalue weighted by Crippen LogP contribution is 2.30. The van der Waals surface area contributed by atoms with Gasteiger partial charge in [-0.3, -0.25) is 14.4 Å². The summed E-state index contributed by atoms with van der Waals surface area (Å²) in [6.45, 7) is 1.91. The molecule has 0 radical (unpaired) electrons. The van der Waals surface area contributed by atoms with Crippen LogP contribution in [-0.2, 0) is 19.1 Å². The first-order chi connectivity index (χ1) is 13.0. The molecule has 1 saturated carbocycles. The molecule has 0 spiro atoms. The maximum absolute atomic E-state index is 12.4. The summed E-state index contributed by atoms with van der Waals surface area (Å²) in [5.41, 5.74) is 0.511. The van der Waals surface area contributed by atoms with Crippen molar-refractivity contribution in [2.75, 3.05) is 19.0 Å². The van der Waals surface area contributed by atoms with Gasteiger partial charge in [0.2, 0.25) is 5.91 Å². The van der Waals surface area contributed by atoms with E-state index in [1.54, 1.807) is 24.3 Å². The largest absolute Gasteiger partial charge is 0.495 e. The Hall–Kier alpha value is -2.57. The molecule has 1 aliphatic heterocycles. The zero-order valence-electron chi connectivity index (χ0n) is 15.8. The number of esters is 1. The molecule has 1 aliphatic carbocycles. The van der Waals surface area contributed by atoms with Crippen LogP contribution in [0.3, 0.4) is 0 Å². The zero-order chi connectivity index (χ0) is 19.4. The van der Waals surface area contributed by atoms with E-state index in [4.69, 9.17) is 9.47 Å². The lowest BCUT2D eigenvalue weighted by Gasteiger charge is -2.24. The van der Waals surface area contributed by atoms with Gasteiger partial charge in [-0.2, -0.15) is 0 Å². The maximum atomic E-state index is 12.4. The molecule has 1 saturated heterocycles. The summed E-state index contributed by atoms with van der Waals surface area (Å²) in [4.78, 5) is 38.8. The molecule has 2 amide bonds. The number of carbonyl (C=O) groups is 3. The second-order valence-corrected chi connectivity index (χ2v) is 7.15. The predicted octanol–water partition coefficient (Wildman–Crippen LogP) is 2.36. The minimum Gasteiger partial charge on any atom is -0.495 e. The predicted molar refractivity (Wildman–Crippen MR) is 99.3 cm³/mol. The van der Waals surface area contributed by atoms with Crippen molar-refractivity contribution in [2.24, 2.45) is 5.92 Å². The summed E-state index contributed by atoms with van der Waals surface area (Å²) in [6.07, 6.45) is 3.47. The van der Waals surface area contributed by atoms with Gasteiger partial charge in [-0.15, -0.1) is 0 Å². The van der Waals surface area contributed by atoms with Crippen molar-refractivity contribution in [3.63, 3.8) is 0 Å². The first kappa shape index (κ1) is 19.2. The summed E-state index contributed by atoms with van der Waals surface area (Å²) in [5, 5.41) is 2.70. The number of hydrogen-bond acceptors (Lipinski definition) is 5. The van der Waals surface area contributed by atoms with Crippen LogP contribution in [0.5, 0.6) is 5.75 Å². The Bertz CT molecular complexity index is 714. The van der Waals surface area contributed by atoms with E-state index in [0.717, 1.165) is 25.7 Å². The monoisotopic (exact) mass is 374 g/mol. The summed E-state index contributed by atoms with van der Waals surface area (Å²) in [7, 11) is 1.52. The van der Waals surface area contributed by atoms with Crippen LogP contribution in [0.15, 0.2) is 24.3 Å². The minimum atomic E-state index is -0.960.